The van der Waals surface area contributed by atoms with E-state index in [9.17, 15) is 8.42 Å². The Morgan fingerprint density at radius 3 is 2.78 bits per heavy atom. The number of sulfonamides is 1. The van der Waals surface area contributed by atoms with Crippen LogP contribution in [0.2, 0.25) is 0 Å². The first kappa shape index (κ1) is 13.8. The van der Waals surface area contributed by atoms with Crippen molar-refractivity contribution in [3.05, 3.63) is 0 Å². The lowest BCUT2D eigenvalue weighted by atomic mass is 10.1. The first-order chi connectivity index (χ1) is 8.50. The second-order valence-corrected chi connectivity index (χ2v) is 7.35. The van der Waals surface area contributed by atoms with Crippen LogP contribution in [0.4, 0.5) is 0 Å². The van der Waals surface area contributed by atoms with E-state index in [0.717, 1.165) is 25.9 Å². The smallest absolute Gasteiger partial charge is 0.230 e. The van der Waals surface area contributed by atoms with Crippen LogP contribution in [0.5, 0.6) is 0 Å². The fourth-order valence-corrected chi connectivity index (χ4v) is 4.88. The molecule has 0 aliphatic carbocycles. The molecule has 0 radical (unpaired) electrons. The van der Waals surface area contributed by atoms with Gasteiger partial charge in [0, 0.05) is 25.2 Å². The SMILES string of the molecule is CCC(C#N)S(=O)(=O)N1CC2CCCN2CC1C. The topological polar surface area (TPSA) is 64.4 Å². The summed E-state index contributed by atoms with van der Waals surface area (Å²) in [5, 5.41) is 8.10. The minimum absolute atomic E-state index is 0.0215. The van der Waals surface area contributed by atoms with Crippen molar-refractivity contribution >= 4 is 10.0 Å². The first-order valence-corrected chi connectivity index (χ1v) is 8.15. The predicted octanol–water partition coefficient (Wildman–Crippen LogP) is 0.787. The van der Waals surface area contributed by atoms with Crippen molar-refractivity contribution in [1.82, 2.24) is 9.21 Å². The van der Waals surface area contributed by atoms with Crippen LogP contribution in [-0.4, -0.2) is 54.6 Å². The van der Waals surface area contributed by atoms with Crippen molar-refractivity contribution in [2.45, 2.75) is 50.4 Å². The fraction of sp³-hybridized carbons (Fsp3) is 0.917. The van der Waals surface area contributed by atoms with Crippen molar-refractivity contribution in [1.29, 1.82) is 5.26 Å². The van der Waals surface area contributed by atoms with E-state index < -0.39 is 15.3 Å². The summed E-state index contributed by atoms with van der Waals surface area (Å²) in [5.74, 6) is 0. The van der Waals surface area contributed by atoms with Gasteiger partial charge >= 0.3 is 0 Å². The molecule has 0 amide bonds. The highest BCUT2D eigenvalue weighted by atomic mass is 32.2. The number of piperazine rings is 1. The van der Waals surface area contributed by atoms with Gasteiger partial charge in [0.05, 0.1) is 6.07 Å². The largest absolute Gasteiger partial charge is 0.297 e. The number of nitriles is 1. The van der Waals surface area contributed by atoms with Crippen LogP contribution >= 0.6 is 0 Å². The van der Waals surface area contributed by atoms with Gasteiger partial charge in [0.2, 0.25) is 10.0 Å². The lowest BCUT2D eigenvalue weighted by molar-refractivity contribution is 0.116. The fourth-order valence-electron chi connectivity index (χ4n) is 3.05. The van der Waals surface area contributed by atoms with Crippen LogP contribution in [0.15, 0.2) is 0 Å². The monoisotopic (exact) mass is 271 g/mol. The number of rotatable bonds is 3. The lowest BCUT2D eigenvalue weighted by Gasteiger charge is -2.41. The molecule has 2 saturated heterocycles. The van der Waals surface area contributed by atoms with Gasteiger partial charge in [0.15, 0.2) is 5.25 Å². The molecule has 3 atom stereocenters. The Morgan fingerprint density at radius 2 is 2.17 bits per heavy atom. The summed E-state index contributed by atoms with van der Waals surface area (Å²) in [4.78, 5) is 2.38. The number of nitrogens with zero attached hydrogens (tertiary/aromatic N) is 3. The highest BCUT2D eigenvalue weighted by Gasteiger charge is 2.42. The van der Waals surface area contributed by atoms with Gasteiger partial charge in [-0.25, -0.2) is 8.42 Å². The molecule has 0 spiro atoms. The minimum atomic E-state index is -3.47. The zero-order valence-corrected chi connectivity index (χ0v) is 11.9. The van der Waals surface area contributed by atoms with Gasteiger partial charge in [0.25, 0.3) is 0 Å². The van der Waals surface area contributed by atoms with Crippen molar-refractivity contribution in [3.8, 4) is 6.07 Å². The predicted molar refractivity (Wildman–Crippen MR) is 69.4 cm³/mol. The van der Waals surface area contributed by atoms with E-state index in [1.165, 1.54) is 0 Å². The number of fused-ring (bicyclic) bond motifs is 1. The van der Waals surface area contributed by atoms with Gasteiger partial charge in [-0.3, -0.25) is 4.90 Å². The maximum Gasteiger partial charge on any atom is 0.230 e. The van der Waals surface area contributed by atoms with Crippen molar-refractivity contribution < 1.29 is 8.42 Å². The third kappa shape index (κ3) is 2.27. The highest BCUT2D eigenvalue weighted by Crippen LogP contribution is 2.28. The molecule has 18 heavy (non-hydrogen) atoms. The summed E-state index contributed by atoms with van der Waals surface area (Å²) < 4.78 is 26.4. The Morgan fingerprint density at radius 1 is 1.44 bits per heavy atom. The van der Waals surface area contributed by atoms with Crippen LogP contribution in [-0.2, 0) is 10.0 Å². The molecular formula is C12H21N3O2S. The zero-order valence-electron chi connectivity index (χ0n) is 11.0. The van der Waals surface area contributed by atoms with Crippen LogP contribution in [0, 0.1) is 11.3 Å². The molecule has 0 aromatic heterocycles. The second kappa shape index (κ2) is 5.16. The molecular weight excluding hydrogens is 250 g/mol. The molecule has 2 heterocycles. The van der Waals surface area contributed by atoms with Gasteiger partial charge < -0.3 is 0 Å². The molecule has 3 unspecified atom stereocenters. The standard InChI is InChI=1S/C12H21N3O2S/c1-3-12(7-13)18(16,17)15-9-11-5-4-6-14(11)8-10(15)2/h10-12H,3-6,8-9H2,1-2H3. The molecule has 2 aliphatic rings. The van der Waals surface area contributed by atoms with Crippen molar-refractivity contribution in [2.24, 2.45) is 0 Å². The van der Waals surface area contributed by atoms with Crippen LogP contribution < -0.4 is 0 Å². The summed E-state index contributed by atoms with van der Waals surface area (Å²) in [6.45, 7) is 6.13. The molecule has 102 valence electrons. The summed E-state index contributed by atoms with van der Waals surface area (Å²) in [6, 6.07) is 2.26. The first-order valence-electron chi connectivity index (χ1n) is 6.65. The van der Waals surface area contributed by atoms with Gasteiger partial charge in [0.1, 0.15) is 0 Å². The third-order valence-corrected chi connectivity index (χ3v) is 6.40. The molecule has 0 aromatic carbocycles. The van der Waals surface area contributed by atoms with Crippen molar-refractivity contribution in [2.75, 3.05) is 19.6 Å². The Labute approximate surface area is 109 Å². The number of hydrogen-bond donors (Lipinski definition) is 0. The van der Waals surface area contributed by atoms with Gasteiger partial charge in [-0.1, -0.05) is 6.92 Å². The van der Waals surface area contributed by atoms with E-state index in [1.54, 1.807) is 11.2 Å². The molecule has 2 rings (SSSR count). The van der Waals surface area contributed by atoms with Crippen molar-refractivity contribution in [3.63, 3.8) is 0 Å². The Kier molecular flexibility index (Phi) is 3.95. The van der Waals surface area contributed by atoms with Crippen LogP contribution in [0.3, 0.4) is 0 Å². The summed E-state index contributed by atoms with van der Waals surface area (Å²) in [6.07, 6.45) is 2.58. The van der Waals surface area contributed by atoms with Crippen LogP contribution in [0.25, 0.3) is 0 Å². The molecule has 2 fully saturated rings. The van der Waals surface area contributed by atoms with E-state index >= 15 is 0 Å². The van der Waals surface area contributed by atoms with E-state index in [-0.39, 0.29) is 6.04 Å². The maximum absolute atomic E-state index is 12.4. The molecule has 0 aromatic rings. The normalized spacial score (nSPS) is 31.8. The summed E-state index contributed by atoms with van der Waals surface area (Å²) in [5.41, 5.74) is 0. The molecule has 0 bridgehead atoms. The Hall–Kier alpha value is -0.640. The molecule has 2 aliphatic heterocycles. The van der Waals surface area contributed by atoms with Gasteiger partial charge in [-0.2, -0.15) is 9.57 Å². The molecule has 0 saturated carbocycles. The Bertz CT molecular complexity index is 443. The molecule has 0 N–H and O–H groups in total. The van der Waals surface area contributed by atoms with E-state index in [2.05, 4.69) is 4.90 Å². The van der Waals surface area contributed by atoms with E-state index in [1.807, 2.05) is 13.0 Å². The van der Waals surface area contributed by atoms with E-state index in [0.29, 0.717) is 19.0 Å². The quantitative estimate of drug-likeness (QED) is 0.761. The molecule has 5 nitrogen and oxygen atoms in total. The maximum atomic E-state index is 12.4. The average Bonchev–Trinajstić information content (AvgIpc) is 2.76. The van der Waals surface area contributed by atoms with Crippen LogP contribution in [0.1, 0.15) is 33.1 Å². The Balaban J connectivity index is 2.20. The average molecular weight is 271 g/mol. The third-order valence-electron chi connectivity index (χ3n) is 4.08. The van der Waals surface area contributed by atoms with Gasteiger partial charge in [-0.05, 0) is 32.7 Å². The van der Waals surface area contributed by atoms with Gasteiger partial charge in [-0.15, -0.1) is 0 Å². The minimum Gasteiger partial charge on any atom is -0.297 e. The lowest BCUT2D eigenvalue weighted by Crippen LogP contribution is -2.58. The second-order valence-electron chi connectivity index (χ2n) is 5.28. The molecule has 6 heteroatoms. The van der Waals surface area contributed by atoms with E-state index in [4.69, 9.17) is 5.26 Å². The summed E-state index contributed by atoms with van der Waals surface area (Å²) >= 11 is 0. The highest BCUT2D eigenvalue weighted by molar-refractivity contribution is 7.90. The number of hydrogen-bond acceptors (Lipinski definition) is 4. The zero-order chi connectivity index (χ0) is 13.3. The summed E-state index contributed by atoms with van der Waals surface area (Å²) in [7, 11) is -3.47.